The molecule has 0 aliphatic carbocycles. The van der Waals surface area contributed by atoms with Gasteiger partial charge in [-0.2, -0.15) is 0 Å². The van der Waals surface area contributed by atoms with Gasteiger partial charge >= 0.3 is 0 Å². The Bertz CT molecular complexity index is 2460. The lowest BCUT2D eigenvalue weighted by Crippen LogP contribution is -1.94. The van der Waals surface area contributed by atoms with E-state index in [0.29, 0.717) is 0 Å². The smallest absolute Gasteiger partial charge is 0.119 e. The van der Waals surface area contributed by atoms with E-state index in [1.807, 2.05) is 6.07 Å². The molecule has 8 aromatic carbocycles. The summed E-state index contributed by atoms with van der Waals surface area (Å²) in [4.78, 5) is 0. The van der Waals surface area contributed by atoms with Gasteiger partial charge in [0.15, 0.2) is 0 Å². The summed E-state index contributed by atoms with van der Waals surface area (Å²) in [5.74, 6) is 0.875. The van der Waals surface area contributed by atoms with Crippen molar-refractivity contribution in [3.05, 3.63) is 158 Å². The Morgan fingerprint density at radius 3 is 1.40 bits per heavy atom. The van der Waals surface area contributed by atoms with E-state index in [0.717, 1.165) is 11.4 Å². The number of aromatic nitrogens is 1. The number of fused-ring (bicyclic) bond motifs is 6. The van der Waals surface area contributed by atoms with Crippen LogP contribution < -0.4 is 4.74 Å². The summed E-state index contributed by atoms with van der Waals surface area (Å²) in [6, 6.07) is 57.2. The first-order valence-corrected chi connectivity index (χ1v) is 15.4. The van der Waals surface area contributed by atoms with Gasteiger partial charge in [-0.3, -0.25) is 0 Å². The standard InChI is InChI=1S/C43H29NO/c1-45-33-25-22-29-26-31(19-18-30(29)27-33)43-38-14-4-2-12-36(38)42(37-13-3-5-15-39(37)43)28-20-23-32(24-21-28)44-40-16-8-6-10-34(40)35-11-7-9-17-41(35)44/h2-27H,1H3. The Balaban J connectivity index is 1.26. The molecule has 0 saturated heterocycles. The summed E-state index contributed by atoms with van der Waals surface area (Å²) in [6.45, 7) is 0. The van der Waals surface area contributed by atoms with Crippen molar-refractivity contribution in [3.8, 4) is 33.7 Å². The van der Waals surface area contributed by atoms with Crippen molar-refractivity contribution in [3.63, 3.8) is 0 Å². The minimum absolute atomic E-state index is 0.875. The highest BCUT2D eigenvalue weighted by molar-refractivity contribution is 6.21. The van der Waals surface area contributed by atoms with Crippen molar-refractivity contribution in [1.82, 2.24) is 4.57 Å². The van der Waals surface area contributed by atoms with E-state index in [1.165, 1.54) is 76.4 Å². The van der Waals surface area contributed by atoms with Gasteiger partial charge in [-0.25, -0.2) is 0 Å². The highest BCUT2D eigenvalue weighted by atomic mass is 16.5. The average Bonchev–Trinajstić information content (AvgIpc) is 3.44. The maximum atomic E-state index is 5.47. The third kappa shape index (κ3) is 3.96. The fourth-order valence-corrected chi connectivity index (χ4v) is 7.23. The Morgan fingerprint density at radius 2 is 0.844 bits per heavy atom. The van der Waals surface area contributed by atoms with Crippen molar-refractivity contribution < 1.29 is 4.74 Å². The van der Waals surface area contributed by atoms with Gasteiger partial charge in [-0.15, -0.1) is 0 Å². The predicted octanol–water partition coefficient (Wildman–Crippen LogP) is 11.6. The summed E-state index contributed by atoms with van der Waals surface area (Å²) in [6.07, 6.45) is 0. The van der Waals surface area contributed by atoms with E-state index >= 15 is 0 Å². The van der Waals surface area contributed by atoms with Crippen molar-refractivity contribution in [2.45, 2.75) is 0 Å². The van der Waals surface area contributed by atoms with Gasteiger partial charge in [-0.05, 0) is 97.0 Å². The van der Waals surface area contributed by atoms with Crippen LogP contribution in [-0.2, 0) is 0 Å². The van der Waals surface area contributed by atoms with Crippen LogP contribution in [0.5, 0.6) is 5.75 Å². The molecule has 0 bridgehead atoms. The number of rotatable bonds is 4. The van der Waals surface area contributed by atoms with Gasteiger partial charge in [0.1, 0.15) is 5.75 Å². The number of hydrogen-bond acceptors (Lipinski definition) is 1. The second-order valence-corrected chi connectivity index (χ2v) is 11.7. The number of benzene rings is 8. The molecular weight excluding hydrogens is 546 g/mol. The zero-order valence-electron chi connectivity index (χ0n) is 24.9. The molecule has 9 aromatic rings. The second-order valence-electron chi connectivity index (χ2n) is 11.7. The molecule has 0 spiro atoms. The normalized spacial score (nSPS) is 11.7. The van der Waals surface area contributed by atoms with E-state index in [9.17, 15) is 0 Å². The summed E-state index contributed by atoms with van der Waals surface area (Å²) in [5.41, 5.74) is 8.57. The molecule has 0 radical (unpaired) electrons. The van der Waals surface area contributed by atoms with Crippen LogP contribution in [0.25, 0.3) is 82.1 Å². The first kappa shape index (κ1) is 25.6. The molecule has 45 heavy (non-hydrogen) atoms. The van der Waals surface area contributed by atoms with Gasteiger partial charge in [0.2, 0.25) is 0 Å². The van der Waals surface area contributed by atoms with Crippen molar-refractivity contribution in [2.24, 2.45) is 0 Å². The number of nitrogens with zero attached hydrogens (tertiary/aromatic N) is 1. The maximum Gasteiger partial charge on any atom is 0.119 e. The minimum atomic E-state index is 0.875. The highest BCUT2D eigenvalue weighted by Crippen LogP contribution is 2.44. The lowest BCUT2D eigenvalue weighted by molar-refractivity contribution is 0.415. The predicted molar refractivity (Wildman–Crippen MR) is 191 cm³/mol. The van der Waals surface area contributed by atoms with Gasteiger partial charge in [0.05, 0.1) is 18.1 Å². The van der Waals surface area contributed by atoms with Crippen LogP contribution in [0, 0.1) is 0 Å². The van der Waals surface area contributed by atoms with Crippen LogP contribution in [0.1, 0.15) is 0 Å². The third-order valence-electron chi connectivity index (χ3n) is 9.26. The second kappa shape index (κ2) is 10.1. The van der Waals surface area contributed by atoms with Gasteiger partial charge < -0.3 is 9.30 Å². The fraction of sp³-hybridized carbons (Fsp3) is 0.0233. The molecule has 2 nitrogen and oxygen atoms in total. The summed E-state index contributed by atoms with van der Waals surface area (Å²) in [7, 11) is 1.72. The molecule has 0 amide bonds. The van der Waals surface area contributed by atoms with E-state index in [-0.39, 0.29) is 0 Å². The SMILES string of the molecule is COc1ccc2cc(-c3c4ccccc4c(-c4ccc(-n5c6ccccc6c6ccccc65)cc4)c4ccccc34)ccc2c1. The molecule has 0 N–H and O–H groups in total. The first-order valence-electron chi connectivity index (χ1n) is 15.4. The van der Waals surface area contributed by atoms with Crippen LogP contribution in [0.15, 0.2) is 158 Å². The Labute approximate surface area is 261 Å². The van der Waals surface area contributed by atoms with E-state index in [1.54, 1.807) is 7.11 Å². The van der Waals surface area contributed by atoms with Crippen LogP contribution in [0.2, 0.25) is 0 Å². The molecule has 0 aliphatic heterocycles. The third-order valence-corrected chi connectivity index (χ3v) is 9.26. The molecule has 0 saturated carbocycles. The fourth-order valence-electron chi connectivity index (χ4n) is 7.23. The summed E-state index contributed by atoms with van der Waals surface area (Å²) in [5, 5.41) is 9.94. The van der Waals surface area contributed by atoms with Gasteiger partial charge in [0.25, 0.3) is 0 Å². The molecule has 1 aromatic heterocycles. The molecule has 0 unspecified atom stereocenters. The van der Waals surface area contributed by atoms with E-state index in [4.69, 9.17) is 4.74 Å². The minimum Gasteiger partial charge on any atom is -0.497 e. The summed E-state index contributed by atoms with van der Waals surface area (Å²) >= 11 is 0. The Morgan fingerprint density at radius 1 is 0.400 bits per heavy atom. The molecule has 0 atom stereocenters. The van der Waals surface area contributed by atoms with Gasteiger partial charge in [-0.1, -0.05) is 115 Å². The van der Waals surface area contributed by atoms with Crippen LogP contribution in [-0.4, -0.2) is 11.7 Å². The molecule has 2 heteroatoms. The number of ether oxygens (including phenoxy) is 1. The van der Waals surface area contributed by atoms with Gasteiger partial charge in [0, 0.05) is 16.5 Å². The molecule has 212 valence electrons. The monoisotopic (exact) mass is 575 g/mol. The topological polar surface area (TPSA) is 14.2 Å². The molecular formula is C43H29NO. The number of hydrogen-bond donors (Lipinski definition) is 0. The van der Waals surface area contributed by atoms with Crippen molar-refractivity contribution in [1.29, 1.82) is 0 Å². The Kier molecular flexibility index (Phi) is 5.76. The highest BCUT2D eigenvalue weighted by Gasteiger charge is 2.17. The zero-order valence-corrected chi connectivity index (χ0v) is 24.9. The van der Waals surface area contributed by atoms with Crippen LogP contribution >= 0.6 is 0 Å². The molecule has 0 fully saturated rings. The van der Waals surface area contributed by atoms with Crippen LogP contribution in [0.4, 0.5) is 0 Å². The van der Waals surface area contributed by atoms with Crippen molar-refractivity contribution >= 4 is 54.1 Å². The van der Waals surface area contributed by atoms with Crippen molar-refractivity contribution in [2.75, 3.05) is 7.11 Å². The average molecular weight is 576 g/mol. The number of methoxy groups -OCH3 is 1. The van der Waals surface area contributed by atoms with Crippen LogP contribution in [0.3, 0.4) is 0 Å². The largest absolute Gasteiger partial charge is 0.497 e. The Hall–Kier alpha value is -5.86. The van der Waals surface area contributed by atoms with E-state index < -0.39 is 0 Å². The van der Waals surface area contributed by atoms with E-state index in [2.05, 4.69) is 156 Å². The molecule has 1 heterocycles. The number of para-hydroxylation sites is 2. The molecule has 0 aliphatic rings. The maximum absolute atomic E-state index is 5.47. The summed E-state index contributed by atoms with van der Waals surface area (Å²) < 4.78 is 7.85. The zero-order chi connectivity index (χ0) is 29.9. The quantitative estimate of drug-likeness (QED) is 0.190. The molecule has 9 rings (SSSR count). The first-order chi connectivity index (χ1) is 22.3. The lowest BCUT2D eigenvalue weighted by Gasteiger charge is -2.18. The lowest BCUT2D eigenvalue weighted by atomic mass is 9.85.